The Hall–Kier alpha value is -0.820. The third-order valence-electron chi connectivity index (χ3n) is 4.06. The van der Waals surface area contributed by atoms with Crippen LogP contribution in [-0.4, -0.2) is 13.1 Å². The third-order valence-corrected chi connectivity index (χ3v) is 4.06. The lowest BCUT2D eigenvalue weighted by Crippen LogP contribution is -2.32. The summed E-state index contributed by atoms with van der Waals surface area (Å²) in [6, 6.07) is 9.69. The molecule has 1 fully saturated rings. The lowest BCUT2D eigenvalue weighted by molar-refractivity contribution is 0.406. The Balaban J connectivity index is 1.66. The van der Waals surface area contributed by atoms with Crippen molar-refractivity contribution in [1.82, 2.24) is 5.32 Å². The minimum Gasteiger partial charge on any atom is -0.317 e. The number of benzene rings is 1. The highest BCUT2D eigenvalue weighted by Crippen LogP contribution is 2.42. The molecular formula is C14H19N. The van der Waals surface area contributed by atoms with Gasteiger partial charge in [0, 0.05) is 6.04 Å². The van der Waals surface area contributed by atoms with Crippen molar-refractivity contribution in [3.8, 4) is 0 Å². The van der Waals surface area contributed by atoms with Crippen LogP contribution in [0.2, 0.25) is 0 Å². The van der Waals surface area contributed by atoms with Gasteiger partial charge < -0.3 is 5.32 Å². The van der Waals surface area contributed by atoms with E-state index < -0.39 is 0 Å². The van der Waals surface area contributed by atoms with Crippen molar-refractivity contribution >= 4 is 0 Å². The van der Waals surface area contributed by atoms with Gasteiger partial charge in [-0.25, -0.2) is 0 Å². The van der Waals surface area contributed by atoms with Crippen LogP contribution in [0.15, 0.2) is 24.3 Å². The molecule has 1 nitrogen and oxygen atoms in total. The quantitative estimate of drug-likeness (QED) is 0.789. The smallest absolute Gasteiger partial charge is 0.00982 e. The van der Waals surface area contributed by atoms with E-state index in [0.29, 0.717) is 0 Å². The number of rotatable bonds is 4. The molecule has 0 saturated heterocycles. The van der Waals surface area contributed by atoms with Crippen LogP contribution < -0.4 is 5.32 Å². The van der Waals surface area contributed by atoms with Crippen LogP contribution in [0.25, 0.3) is 0 Å². The molecule has 0 aliphatic heterocycles. The van der Waals surface area contributed by atoms with Gasteiger partial charge in [-0.3, -0.25) is 0 Å². The molecular weight excluding hydrogens is 182 g/mol. The zero-order valence-electron chi connectivity index (χ0n) is 9.37. The second kappa shape index (κ2) is 3.64. The van der Waals surface area contributed by atoms with Crippen molar-refractivity contribution in [3.05, 3.63) is 35.4 Å². The molecule has 0 bridgehead atoms. The first-order valence-corrected chi connectivity index (χ1v) is 6.13. The maximum Gasteiger partial charge on any atom is 0.00982 e. The number of nitrogens with one attached hydrogen (secondary N) is 1. The van der Waals surface area contributed by atoms with Crippen LogP contribution in [0.4, 0.5) is 0 Å². The fraction of sp³-hybridized carbons (Fsp3) is 0.571. The summed E-state index contributed by atoms with van der Waals surface area (Å²) in [7, 11) is 2.12. The fourth-order valence-electron chi connectivity index (χ4n) is 2.92. The summed E-state index contributed by atoms with van der Waals surface area (Å²) in [6.45, 7) is 0. The lowest BCUT2D eigenvalue weighted by atomic mass is 9.74. The molecule has 0 amide bonds. The first-order valence-electron chi connectivity index (χ1n) is 6.13. The van der Waals surface area contributed by atoms with Gasteiger partial charge in [-0.2, -0.15) is 0 Å². The fourth-order valence-corrected chi connectivity index (χ4v) is 2.92. The van der Waals surface area contributed by atoms with Crippen LogP contribution in [0, 0.1) is 5.92 Å². The maximum absolute atomic E-state index is 3.49. The van der Waals surface area contributed by atoms with Crippen LogP contribution in [0.5, 0.6) is 0 Å². The maximum atomic E-state index is 3.49. The van der Waals surface area contributed by atoms with Crippen molar-refractivity contribution in [1.29, 1.82) is 0 Å². The van der Waals surface area contributed by atoms with Gasteiger partial charge >= 0.3 is 0 Å². The predicted octanol–water partition coefficient (Wildman–Crippen LogP) is 2.71. The third kappa shape index (κ3) is 1.69. The number of fused-ring (bicyclic) bond motifs is 1. The Morgan fingerprint density at radius 2 is 2.13 bits per heavy atom. The molecule has 15 heavy (non-hydrogen) atoms. The van der Waals surface area contributed by atoms with E-state index in [4.69, 9.17) is 0 Å². The van der Waals surface area contributed by atoms with E-state index in [1.165, 1.54) is 25.7 Å². The van der Waals surface area contributed by atoms with Gasteiger partial charge in [-0.1, -0.05) is 24.3 Å². The van der Waals surface area contributed by atoms with E-state index in [1.54, 1.807) is 11.1 Å². The van der Waals surface area contributed by atoms with Gasteiger partial charge in [0.05, 0.1) is 0 Å². The highest BCUT2D eigenvalue weighted by Gasteiger charge is 2.35. The summed E-state index contributed by atoms with van der Waals surface area (Å²) in [5.41, 5.74) is 3.19. The zero-order chi connectivity index (χ0) is 10.3. The summed E-state index contributed by atoms with van der Waals surface area (Å²) in [6.07, 6.45) is 5.54. The molecule has 1 aromatic rings. The topological polar surface area (TPSA) is 12.0 Å². The Morgan fingerprint density at radius 1 is 1.33 bits per heavy atom. The van der Waals surface area contributed by atoms with Gasteiger partial charge in [0.1, 0.15) is 0 Å². The van der Waals surface area contributed by atoms with Crippen molar-refractivity contribution in [3.63, 3.8) is 0 Å². The highest BCUT2D eigenvalue weighted by atomic mass is 14.9. The van der Waals surface area contributed by atoms with Crippen molar-refractivity contribution < 1.29 is 0 Å². The Morgan fingerprint density at radius 3 is 2.80 bits per heavy atom. The molecule has 80 valence electrons. The second-order valence-electron chi connectivity index (χ2n) is 5.07. The predicted molar refractivity (Wildman–Crippen MR) is 63.1 cm³/mol. The zero-order valence-corrected chi connectivity index (χ0v) is 9.37. The Labute approximate surface area is 91.9 Å². The van der Waals surface area contributed by atoms with Gasteiger partial charge in [0.2, 0.25) is 0 Å². The average molecular weight is 201 g/mol. The second-order valence-corrected chi connectivity index (χ2v) is 5.07. The van der Waals surface area contributed by atoms with Crippen LogP contribution in [0.1, 0.15) is 36.3 Å². The van der Waals surface area contributed by atoms with E-state index in [-0.39, 0.29) is 0 Å². The molecule has 2 aliphatic carbocycles. The summed E-state index contributed by atoms with van der Waals surface area (Å²) in [5.74, 6) is 1.81. The molecule has 3 rings (SSSR count). The molecule has 0 aromatic heterocycles. The summed E-state index contributed by atoms with van der Waals surface area (Å²) >= 11 is 0. The average Bonchev–Trinajstić information content (AvgIpc) is 3.04. The van der Waals surface area contributed by atoms with Gasteiger partial charge in [-0.15, -0.1) is 0 Å². The van der Waals surface area contributed by atoms with Crippen LogP contribution in [0.3, 0.4) is 0 Å². The SMILES string of the molecule is CNC(CC1Cc2ccccc21)C1CC1. The van der Waals surface area contributed by atoms with Crippen LogP contribution >= 0.6 is 0 Å². The van der Waals surface area contributed by atoms with Gasteiger partial charge in [0.25, 0.3) is 0 Å². The summed E-state index contributed by atoms with van der Waals surface area (Å²) in [4.78, 5) is 0. The Kier molecular flexibility index (Phi) is 2.28. The molecule has 1 heteroatoms. The van der Waals surface area contributed by atoms with Gasteiger partial charge in [-0.05, 0) is 55.7 Å². The molecule has 0 heterocycles. The molecule has 2 aliphatic rings. The lowest BCUT2D eigenvalue weighted by Gasteiger charge is -2.33. The summed E-state index contributed by atoms with van der Waals surface area (Å²) in [5, 5.41) is 3.49. The monoisotopic (exact) mass is 201 g/mol. The number of hydrogen-bond acceptors (Lipinski definition) is 1. The first kappa shape index (κ1) is 9.41. The highest BCUT2D eigenvalue weighted by molar-refractivity contribution is 5.40. The van der Waals surface area contributed by atoms with Gasteiger partial charge in [0.15, 0.2) is 0 Å². The molecule has 1 N–H and O–H groups in total. The molecule has 0 spiro atoms. The number of hydrogen-bond donors (Lipinski definition) is 1. The van der Waals surface area contributed by atoms with Crippen LogP contribution in [-0.2, 0) is 6.42 Å². The largest absolute Gasteiger partial charge is 0.317 e. The molecule has 1 aromatic carbocycles. The Bertz CT molecular complexity index is 354. The van der Waals surface area contributed by atoms with Crippen molar-refractivity contribution in [2.24, 2.45) is 5.92 Å². The molecule has 1 saturated carbocycles. The van der Waals surface area contributed by atoms with E-state index >= 15 is 0 Å². The van der Waals surface area contributed by atoms with E-state index in [2.05, 4.69) is 36.6 Å². The minimum atomic E-state index is 0.767. The normalized spacial score (nSPS) is 25.5. The van der Waals surface area contributed by atoms with Crippen molar-refractivity contribution in [2.45, 2.75) is 37.6 Å². The molecule has 2 unspecified atom stereocenters. The van der Waals surface area contributed by atoms with Crippen molar-refractivity contribution in [2.75, 3.05) is 7.05 Å². The van der Waals surface area contributed by atoms with E-state index in [0.717, 1.165) is 17.9 Å². The summed E-state index contributed by atoms with van der Waals surface area (Å²) < 4.78 is 0. The van der Waals surface area contributed by atoms with E-state index in [1.807, 2.05) is 0 Å². The minimum absolute atomic E-state index is 0.767. The first-order chi connectivity index (χ1) is 7.38. The molecule has 0 radical (unpaired) electrons. The van der Waals surface area contributed by atoms with E-state index in [9.17, 15) is 0 Å². The molecule has 2 atom stereocenters. The standard InChI is InChI=1S/C14H19N/c1-15-14(10-6-7-10)9-12-8-11-4-2-3-5-13(11)12/h2-5,10,12,14-15H,6-9H2,1H3.